The van der Waals surface area contributed by atoms with E-state index in [0.717, 1.165) is 38.8 Å². The van der Waals surface area contributed by atoms with E-state index in [0.29, 0.717) is 12.0 Å². The lowest BCUT2D eigenvalue weighted by molar-refractivity contribution is -0.0154. The molecule has 2 N–H and O–H groups in total. The van der Waals surface area contributed by atoms with E-state index < -0.39 is 0 Å². The van der Waals surface area contributed by atoms with Crippen LogP contribution in [0.5, 0.6) is 0 Å². The highest BCUT2D eigenvalue weighted by Gasteiger charge is 2.34. The van der Waals surface area contributed by atoms with Gasteiger partial charge in [0.05, 0.1) is 12.2 Å². The molecule has 1 aliphatic carbocycles. The lowest BCUT2D eigenvalue weighted by Gasteiger charge is -2.39. The zero-order valence-electron chi connectivity index (χ0n) is 8.89. The van der Waals surface area contributed by atoms with Gasteiger partial charge in [-0.25, -0.2) is 0 Å². The molecule has 2 fully saturated rings. The highest BCUT2D eigenvalue weighted by atomic mass is 16.3. The molecule has 0 radical (unpaired) electrons. The molecule has 82 valence electrons. The molecule has 2 unspecified atom stereocenters. The Morgan fingerprint density at radius 2 is 1.86 bits per heavy atom. The predicted molar refractivity (Wildman–Crippen MR) is 55.0 cm³/mol. The minimum absolute atomic E-state index is 0.157. The number of nitrogens with zero attached hydrogens (tertiary/aromatic N) is 1. The Labute approximate surface area is 85.7 Å². The number of piperidine rings is 1. The largest absolute Gasteiger partial charge is 0.392 e. The van der Waals surface area contributed by atoms with Gasteiger partial charge in [0.15, 0.2) is 0 Å². The van der Waals surface area contributed by atoms with E-state index in [1.807, 2.05) is 0 Å². The van der Waals surface area contributed by atoms with Gasteiger partial charge in [-0.1, -0.05) is 6.92 Å². The molecule has 2 aliphatic rings. The molecule has 4 atom stereocenters. The number of aliphatic hydroxyl groups is 2. The van der Waals surface area contributed by atoms with Gasteiger partial charge in [0, 0.05) is 12.6 Å². The Morgan fingerprint density at radius 1 is 1.07 bits per heavy atom. The van der Waals surface area contributed by atoms with Crippen molar-refractivity contribution in [3.8, 4) is 0 Å². The minimum atomic E-state index is -0.198. The molecule has 0 aromatic carbocycles. The molecule has 3 heteroatoms. The van der Waals surface area contributed by atoms with Gasteiger partial charge in [-0.05, 0) is 38.1 Å². The molecular weight excluding hydrogens is 178 g/mol. The molecule has 1 heterocycles. The first-order valence-electron chi connectivity index (χ1n) is 5.78. The highest BCUT2D eigenvalue weighted by molar-refractivity contribution is 4.89. The lowest BCUT2D eigenvalue weighted by atomic mass is 9.94. The van der Waals surface area contributed by atoms with Crippen LogP contribution in [0.3, 0.4) is 0 Å². The van der Waals surface area contributed by atoms with Crippen LogP contribution in [0.25, 0.3) is 0 Å². The molecule has 14 heavy (non-hydrogen) atoms. The Hall–Kier alpha value is -0.120. The average Bonchev–Trinajstić information content (AvgIpc) is 2.57. The third-order valence-corrected chi connectivity index (χ3v) is 3.86. The Balaban J connectivity index is 1.92. The maximum Gasteiger partial charge on any atom is 0.0695 e. The SMILES string of the molecule is CC1CCN([C@H]2CCC[C@@H]2O)CC1O. The van der Waals surface area contributed by atoms with Gasteiger partial charge < -0.3 is 10.2 Å². The van der Waals surface area contributed by atoms with Gasteiger partial charge in [0.25, 0.3) is 0 Å². The summed E-state index contributed by atoms with van der Waals surface area (Å²) in [6, 6.07) is 0.317. The molecule has 1 saturated carbocycles. The summed E-state index contributed by atoms with van der Waals surface area (Å²) in [4.78, 5) is 2.28. The summed E-state index contributed by atoms with van der Waals surface area (Å²) in [5.41, 5.74) is 0. The maximum absolute atomic E-state index is 9.77. The molecule has 3 nitrogen and oxygen atoms in total. The number of hydrogen-bond donors (Lipinski definition) is 2. The van der Waals surface area contributed by atoms with Gasteiger partial charge in [-0.15, -0.1) is 0 Å². The average molecular weight is 199 g/mol. The standard InChI is InChI=1S/C11H21NO2/c1-8-5-6-12(7-11(8)14)9-3-2-4-10(9)13/h8-11,13-14H,2-7H2,1H3/t8?,9-,10-,11?/m0/s1. The number of aliphatic hydroxyl groups excluding tert-OH is 2. The van der Waals surface area contributed by atoms with Gasteiger partial charge in [0.1, 0.15) is 0 Å². The third kappa shape index (κ3) is 1.95. The number of hydrogen-bond acceptors (Lipinski definition) is 3. The van der Waals surface area contributed by atoms with Gasteiger partial charge in [-0.2, -0.15) is 0 Å². The topological polar surface area (TPSA) is 43.7 Å². The summed E-state index contributed by atoms with van der Waals surface area (Å²) in [7, 11) is 0. The van der Waals surface area contributed by atoms with Crippen LogP contribution in [0.2, 0.25) is 0 Å². The van der Waals surface area contributed by atoms with Crippen LogP contribution in [0, 0.1) is 5.92 Å². The van der Waals surface area contributed by atoms with Crippen LogP contribution < -0.4 is 0 Å². The second-order valence-electron chi connectivity index (χ2n) is 4.89. The fourth-order valence-electron chi connectivity index (χ4n) is 2.72. The molecule has 0 aromatic rings. The molecule has 2 rings (SSSR count). The number of β-amino-alcohol motifs (C(OH)–C–C–N with tert-alkyl or cyclic N) is 1. The van der Waals surface area contributed by atoms with Crippen molar-refractivity contribution in [2.45, 2.75) is 50.9 Å². The van der Waals surface area contributed by atoms with Crippen molar-refractivity contribution in [1.29, 1.82) is 0 Å². The fraction of sp³-hybridized carbons (Fsp3) is 1.00. The molecule has 0 bridgehead atoms. The fourth-order valence-corrected chi connectivity index (χ4v) is 2.72. The Kier molecular flexibility index (Phi) is 3.10. The van der Waals surface area contributed by atoms with Crippen LogP contribution in [-0.2, 0) is 0 Å². The maximum atomic E-state index is 9.77. The second kappa shape index (κ2) is 4.17. The van der Waals surface area contributed by atoms with Crippen molar-refractivity contribution in [3.63, 3.8) is 0 Å². The van der Waals surface area contributed by atoms with Gasteiger partial charge >= 0.3 is 0 Å². The molecule has 0 aromatic heterocycles. The highest BCUT2D eigenvalue weighted by Crippen LogP contribution is 2.28. The van der Waals surface area contributed by atoms with Crippen molar-refractivity contribution in [1.82, 2.24) is 4.90 Å². The lowest BCUT2D eigenvalue weighted by Crippen LogP contribution is -2.50. The van der Waals surface area contributed by atoms with E-state index in [2.05, 4.69) is 11.8 Å². The van der Waals surface area contributed by atoms with Crippen LogP contribution in [0.4, 0.5) is 0 Å². The van der Waals surface area contributed by atoms with Gasteiger partial charge in [-0.3, -0.25) is 4.90 Å². The number of rotatable bonds is 1. The summed E-state index contributed by atoms with van der Waals surface area (Å²) < 4.78 is 0. The van der Waals surface area contributed by atoms with Crippen LogP contribution >= 0.6 is 0 Å². The van der Waals surface area contributed by atoms with Crippen molar-refractivity contribution in [3.05, 3.63) is 0 Å². The molecular formula is C11H21NO2. The van der Waals surface area contributed by atoms with Crippen molar-refractivity contribution < 1.29 is 10.2 Å². The summed E-state index contributed by atoms with van der Waals surface area (Å²) in [5, 5.41) is 19.5. The summed E-state index contributed by atoms with van der Waals surface area (Å²) in [6.45, 7) is 3.90. The zero-order chi connectivity index (χ0) is 10.1. The predicted octanol–water partition coefficient (Wildman–Crippen LogP) is 0.602. The first kappa shape index (κ1) is 10.4. The molecule has 1 aliphatic heterocycles. The third-order valence-electron chi connectivity index (χ3n) is 3.86. The first-order valence-corrected chi connectivity index (χ1v) is 5.78. The first-order chi connectivity index (χ1) is 6.68. The Bertz CT molecular complexity index is 198. The van der Waals surface area contributed by atoms with E-state index in [4.69, 9.17) is 0 Å². The smallest absolute Gasteiger partial charge is 0.0695 e. The van der Waals surface area contributed by atoms with Crippen molar-refractivity contribution >= 4 is 0 Å². The molecule has 0 amide bonds. The van der Waals surface area contributed by atoms with Crippen LogP contribution in [0.15, 0.2) is 0 Å². The van der Waals surface area contributed by atoms with Gasteiger partial charge in [0.2, 0.25) is 0 Å². The van der Waals surface area contributed by atoms with Crippen molar-refractivity contribution in [2.75, 3.05) is 13.1 Å². The minimum Gasteiger partial charge on any atom is -0.392 e. The van der Waals surface area contributed by atoms with Crippen LogP contribution in [-0.4, -0.2) is 46.5 Å². The van der Waals surface area contributed by atoms with E-state index in [-0.39, 0.29) is 12.2 Å². The second-order valence-corrected chi connectivity index (χ2v) is 4.89. The van der Waals surface area contributed by atoms with E-state index in [1.54, 1.807) is 0 Å². The van der Waals surface area contributed by atoms with E-state index in [9.17, 15) is 10.2 Å². The van der Waals surface area contributed by atoms with E-state index >= 15 is 0 Å². The summed E-state index contributed by atoms with van der Waals surface area (Å²) in [6.07, 6.45) is 3.88. The normalized spacial score (nSPS) is 45.6. The molecule has 0 spiro atoms. The summed E-state index contributed by atoms with van der Waals surface area (Å²) in [5.74, 6) is 0.421. The zero-order valence-corrected chi connectivity index (χ0v) is 8.89. The van der Waals surface area contributed by atoms with E-state index in [1.165, 1.54) is 0 Å². The number of likely N-dealkylation sites (tertiary alicyclic amines) is 1. The monoisotopic (exact) mass is 199 g/mol. The van der Waals surface area contributed by atoms with Crippen LogP contribution in [0.1, 0.15) is 32.6 Å². The molecule has 1 saturated heterocycles. The van der Waals surface area contributed by atoms with Crippen molar-refractivity contribution in [2.24, 2.45) is 5.92 Å². The Morgan fingerprint density at radius 3 is 2.43 bits per heavy atom. The summed E-state index contributed by atoms with van der Waals surface area (Å²) >= 11 is 0. The quantitative estimate of drug-likeness (QED) is 0.650.